The first-order chi connectivity index (χ1) is 9.49. The van der Waals surface area contributed by atoms with Gasteiger partial charge in [0, 0.05) is 15.3 Å². The van der Waals surface area contributed by atoms with Gasteiger partial charge in [-0.15, -0.1) is 11.3 Å². The first kappa shape index (κ1) is 15.9. The van der Waals surface area contributed by atoms with E-state index >= 15 is 0 Å². The van der Waals surface area contributed by atoms with E-state index in [1.165, 1.54) is 15.3 Å². The van der Waals surface area contributed by atoms with E-state index in [2.05, 4.69) is 51.8 Å². The molecule has 0 spiro atoms. The van der Waals surface area contributed by atoms with Gasteiger partial charge in [-0.1, -0.05) is 22.0 Å². The SMILES string of the molecule is COc1ccc(C(Br)c2cc(C)c(C)s2)c(OC)c1Br. The van der Waals surface area contributed by atoms with Gasteiger partial charge in [0.1, 0.15) is 16.0 Å². The lowest BCUT2D eigenvalue weighted by molar-refractivity contribution is 0.387. The lowest BCUT2D eigenvalue weighted by atomic mass is 10.1. The molecule has 2 rings (SSSR count). The zero-order chi connectivity index (χ0) is 14.9. The molecule has 20 heavy (non-hydrogen) atoms. The minimum atomic E-state index is 0.108. The summed E-state index contributed by atoms with van der Waals surface area (Å²) >= 11 is 9.13. The second-order valence-electron chi connectivity index (χ2n) is 4.45. The van der Waals surface area contributed by atoms with Crippen molar-refractivity contribution in [2.45, 2.75) is 18.7 Å². The Morgan fingerprint density at radius 2 is 1.85 bits per heavy atom. The number of benzene rings is 1. The summed E-state index contributed by atoms with van der Waals surface area (Å²) in [6.45, 7) is 4.28. The molecule has 0 bridgehead atoms. The van der Waals surface area contributed by atoms with Crippen LogP contribution in [-0.2, 0) is 0 Å². The van der Waals surface area contributed by atoms with Crippen LogP contribution in [0, 0.1) is 13.8 Å². The van der Waals surface area contributed by atoms with Crippen LogP contribution in [0.2, 0.25) is 0 Å². The van der Waals surface area contributed by atoms with E-state index in [0.717, 1.165) is 21.5 Å². The number of hydrogen-bond donors (Lipinski definition) is 0. The Hall–Kier alpha value is -0.520. The predicted octanol–water partition coefficient (Wildman–Crippen LogP) is 5.63. The van der Waals surface area contributed by atoms with Crippen molar-refractivity contribution >= 4 is 43.2 Å². The average Bonchev–Trinajstić information content (AvgIpc) is 2.77. The van der Waals surface area contributed by atoms with E-state index in [9.17, 15) is 0 Å². The summed E-state index contributed by atoms with van der Waals surface area (Å²) in [5.74, 6) is 1.57. The van der Waals surface area contributed by atoms with Crippen molar-refractivity contribution in [2.24, 2.45) is 0 Å². The maximum Gasteiger partial charge on any atom is 0.141 e. The molecule has 0 saturated heterocycles. The molecule has 1 unspecified atom stereocenters. The smallest absolute Gasteiger partial charge is 0.141 e. The summed E-state index contributed by atoms with van der Waals surface area (Å²) in [5.41, 5.74) is 2.41. The first-order valence-corrected chi connectivity index (χ1v) is 8.63. The summed E-state index contributed by atoms with van der Waals surface area (Å²) in [5, 5.41) is 0. The molecule has 0 amide bonds. The molecule has 0 saturated carbocycles. The quantitative estimate of drug-likeness (QED) is 0.598. The fourth-order valence-electron chi connectivity index (χ4n) is 2.00. The number of thiophene rings is 1. The minimum absolute atomic E-state index is 0.108. The summed E-state index contributed by atoms with van der Waals surface area (Å²) in [7, 11) is 3.32. The van der Waals surface area contributed by atoms with Crippen LogP contribution >= 0.6 is 43.2 Å². The van der Waals surface area contributed by atoms with Gasteiger partial charge in [-0.2, -0.15) is 0 Å². The monoisotopic (exact) mass is 418 g/mol. The van der Waals surface area contributed by atoms with Gasteiger partial charge in [-0.3, -0.25) is 0 Å². The predicted molar refractivity (Wildman–Crippen MR) is 91.8 cm³/mol. The van der Waals surface area contributed by atoms with Gasteiger partial charge in [-0.25, -0.2) is 0 Å². The second kappa shape index (κ2) is 6.50. The van der Waals surface area contributed by atoms with Crippen molar-refractivity contribution in [1.82, 2.24) is 0 Å². The fourth-order valence-corrected chi connectivity index (χ4v) is 4.50. The van der Waals surface area contributed by atoms with Crippen molar-refractivity contribution in [3.8, 4) is 11.5 Å². The Morgan fingerprint density at radius 3 is 2.35 bits per heavy atom. The maximum atomic E-state index is 5.55. The molecule has 0 aliphatic carbocycles. The average molecular weight is 420 g/mol. The van der Waals surface area contributed by atoms with E-state index in [1.54, 1.807) is 25.6 Å². The standard InChI is InChI=1S/C15H16Br2O2S/c1-8-7-12(20-9(8)2)13(16)10-5-6-11(18-3)14(17)15(10)19-4/h5-7,13H,1-4H3. The molecule has 0 radical (unpaired) electrons. The van der Waals surface area contributed by atoms with Gasteiger partial charge < -0.3 is 9.47 Å². The number of hydrogen-bond acceptors (Lipinski definition) is 3. The van der Waals surface area contributed by atoms with Crippen LogP contribution in [0.5, 0.6) is 11.5 Å². The van der Waals surface area contributed by atoms with E-state index in [4.69, 9.17) is 9.47 Å². The molecule has 1 atom stereocenters. The van der Waals surface area contributed by atoms with Gasteiger partial charge in [0.25, 0.3) is 0 Å². The summed E-state index contributed by atoms with van der Waals surface area (Å²) in [6, 6.07) is 6.20. The number of methoxy groups -OCH3 is 2. The van der Waals surface area contributed by atoms with Gasteiger partial charge in [0.05, 0.1) is 19.0 Å². The molecule has 0 fully saturated rings. The van der Waals surface area contributed by atoms with Gasteiger partial charge in [-0.05, 0) is 47.5 Å². The molecule has 108 valence electrons. The zero-order valence-corrected chi connectivity index (χ0v) is 15.8. The molecular weight excluding hydrogens is 404 g/mol. The number of halogens is 2. The summed E-state index contributed by atoms with van der Waals surface area (Å²) in [4.78, 5) is 2.73. The molecule has 1 aromatic heterocycles. The van der Waals surface area contributed by atoms with Crippen LogP contribution in [0.15, 0.2) is 22.7 Å². The molecule has 1 aromatic carbocycles. The highest BCUT2D eigenvalue weighted by Gasteiger charge is 2.21. The van der Waals surface area contributed by atoms with E-state index in [0.29, 0.717) is 0 Å². The van der Waals surface area contributed by atoms with Gasteiger partial charge in [0.15, 0.2) is 0 Å². The molecule has 5 heteroatoms. The van der Waals surface area contributed by atoms with Crippen molar-refractivity contribution in [3.63, 3.8) is 0 Å². The number of rotatable bonds is 4. The normalized spacial score (nSPS) is 12.3. The largest absolute Gasteiger partial charge is 0.495 e. The third-order valence-electron chi connectivity index (χ3n) is 3.22. The Morgan fingerprint density at radius 1 is 1.15 bits per heavy atom. The summed E-state index contributed by atoms with van der Waals surface area (Å²) < 4.78 is 11.7. The number of alkyl halides is 1. The Labute approximate surface area is 140 Å². The Bertz CT molecular complexity index is 603. The number of aryl methyl sites for hydroxylation is 2. The zero-order valence-electron chi connectivity index (χ0n) is 11.8. The Kier molecular flexibility index (Phi) is 5.15. The van der Waals surface area contributed by atoms with E-state index < -0.39 is 0 Å². The van der Waals surface area contributed by atoms with Gasteiger partial charge >= 0.3 is 0 Å². The van der Waals surface area contributed by atoms with Crippen molar-refractivity contribution in [2.75, 3.05) is 14.2 Å². The molecule has 0 aliphatic heterocycles. The maximum absolute atomic E-state index is 5.55. The number of ether oxygens (including phenoxy) is 2. The molecule has 0 N–H and O–H groups in total. The second-order valence-corrected chi connectivity index (χ2v) is 7.45. The lowest BCUT2D eigenvalue weighted by Gasteiger charge is -2.16. The molecule has 2 aromatic rings. The van der Waals surface area contributed by atoms with Crippen LogP contribution in [-0.4, -0.2) is 14.2 Å². The highest BCUT2D eigenvalue weighted by molar-refractivity contribution is 9.10. The molecular formula is C15H16Br2O2S. The van der Waals surface area contributed by atoms with Crippen LogP contribution in [0.4, 0.5) is 0 Å². The van der Waals surface area contributed by atoms with Gasteiger partial charge in [0.2, 0.25) is 0 Å². The van der Waals surface area contributed by atoms with E-state index in [1.807, 2.05) is 12.1 Å². The Balaban J connectivity index is 2.49. The van der Waals surface area contributed by atoms with Crippen molar-refractivity contribution < 1.29 is 9.47 Å². The molecule has 0 aliphatic rings. The third-order valence-corrected chi connectivity index (χ3v) is 6.48. The minimum Gasteiger partial charge on any atom is -0.495 e. The highest BCUT2D eigenvalue weighted by Crippen LogP contribution is 2.45. The van der Waals surface area contributed by atoms with Crippen molar-refractivity contribution in [3.05, 3.63) is 43.6 Å². The van der Waals surface area contributed by atoms with Crippen LogP contribution in [0.25, 0.3) is 0 Å². The van der Waals surface area contributed by atoms with Crippen molar-refractivity contribution in [1.29, 1.82) is 0 Å². The molecule has 1 heterocycles. The van der Waals surface area contributed by atoms with Crippen LogP contribution < -0.4 is 9.47 Å². The summed E-state index contributed by atoms with van der Waals surface area (Å²) in [6.07, 6.45) is 0. The van der Waals surface area contributed by atoms with E-state index in [-0.39, 0.29) is 4.83 Å². The first-order valence-electron chi connectivity index (χ1n) is 6.11. The lowest BCUT2D eigenvalue weighted by Crippen LogP contribution is -1.98. The topological polar surface area (TPSA) is 18.5 Å². The fraction of sp³-hybridized carbons (Fsp3) is 0.333. The molecule has 2 nitrogen and oxygen atoms in total. The van der Waals surface area contributed by atoms with Crippen LogP contribution in [0.1, 0.15) is 25.7 Å². The van der Waals surface area contributed by atoms with Crippen LogP contribution in [0.3, 0.4) is 0 Å². The third kappa shape index (κ3) is 2.90. The highest BCUT2D eigenvalue weighted by atomic mass is 79.9.